The van der Waals surface area contributed by atoms with Gasteiger partial charge in [0.1, 0.15) is 19.3 Å². The number of rotatable bonds is 70. The Morgan fingerprint density at radius 1 is 0.296 bits per heavy atom. The second-order valence-electron chi connectivity index (χ2n) is 24.8. The Balaban J connectivity index is 5.41. The standard InChI is InChI=1S/C79H134O17P2/c1-5-9-13-17-21-25-29-33-36-40-43-47-51-55-59-63-76(81)89-69-74(95-78(83)65-61-57-53-49-45-39-32-28-24-20-16-12-8-4)71-93-97(85,86)91-67-73(80)68-92-98(87,88)94-72-75(96-79(84)66-62-58-54-50-46-42-38-35-31-27-23-19-15-11-7-3)70-90-77(82)64-60-56-52-48-44-41-37-34-30-26-22-18-14-10-6-2/h9,13,16,20-23,25-28,32-38,43,47,73-75,80H,5-8,10-12,14-15,17-19,24,29-31,39-42,44-46,48-72H2,1-4H3,(H,85,86)(H,87,88)/b13-9-,20-16-,25-21-,26-22-,27-23-,32-28-,36-33-,37-34-,38-35-,47-43-. The highest BCUT2D eigenvalue weighted by Gasteiger charge is 2.30. The first-order chi connectivity index (χ1) is 47.7. The highest BCUT2D eigenvalue weighted by atomic mass is 31.2. The molecule has 0 bridgehead atoms. The molecular weight excluding hydrogens is 1280 g/mol. The van der Waals surface area contributed by atoms with Crippen LogP contribution in [-0.4, -0.2) is 96.7 Å². The number of phosphoric ester groups is 2. The maximum absolute atomic E-state index is 13.1. The third-order valence-corrected chi connectivity index (χ3v) is 17.3. The van der Waals surface area contributed by atoms with Crippen LogP contribution in [0.3, 0.4) is 0 Å². The Kier molecular flexibility index (Phi) is 67.6. The Morgan fingerprint density at radius 3 is 0.878 bits per heavy atom. The van der Waals surface area contributed by atoms with Crippen LogP contribution in [0.5, 0.6) is 0 Å². The number of aliphatic hydroxyl groups is 1. The number of ether oxygens (including phenoxy) is 4. The van der Waals surface area contributed by atoms with Crippen molar-refractivity contribution < 1.29 is 80.2 Å². The van der Waals surface area contributed by atoms with Crippen molar-refractivity contribution in [3.05, 3.63) is 122 Å². The van der Waals surface area contributed by atoms with E-state index in [1.54, 1.807) is 0 Å². The van der Waals surface area contributed by atoms with Gasteiger partial charge in [-0.05, 0) is 154 Å². The summed E-state index contributed by atoms with van der Waals surface area (Å²) in [4.78, 5) is 72.8. The average Bonchev–Trinajstić information content (AvgIpc) is 0.959. The number of phosphoric acid groups is 2. The molecule has 17 nitrogen and oxygen atoms in total. The van der Waals surface area contributed by atoms with Gasteiger partial charge in [-0.15, -0.1) is 0 Å². The molecule has 0 fully saturated rings. The van der Waals surface area contributed by atoms with Gasteiger partial charge in [-0.1, -0.05) is 239 Å². The fourth-order valence-corrected chi connectivity index (χ4v) is 11.2. The minimum atomic E-state index is -4.99. The van der Waals surface area contributed by atoms with Crippen LogP contribution in [0.15, 0.2) is 122 Å². The number of hydrogen-bond donors (Lipinski definition) is 3. The molecule has 0 amide bonds. The molecule has 0 heterocycles. The molecule has 19 heteroatoms. The molecule has 5 atom stereocenters. The molecule has 0 spiro atoms. The van der Waals surface area contributed by atoms with Gasteiger partial charge in [0.05, 0.1) is 26.4 Å². The minimum Gasteiger partial charge on any atom is -0.462 e. The Hall–Kier alpha value is -4.54. The first kappa shape index (κ1) is 93.5. The molecule has 0 radical (unpaired) electrons. The van der Waals surface area contributed by atoms with Crippen molar-refractivity contribution in [1.29, 1.82) is 0 Å². The molecule has 0 aliphatic carbocycles. The zero-order chi connectivity index (χ0) is 71.8. The number of hydrogen-bond acceptors (Lipinski definition) is 15. The van der Waals surface area contributed by atoms with Gasteiger partial charge in [-0.2, -0.15) is 0 Å². The van der Waals surface area contributed by atoms with Crippen molar-refractivity contribution in [2.75, 3.05) is 39.6 Å². The Morgan fingerprint density at radius 2 is 0.551 bits per heavy atom. The summed E-state index contributed by atoms with van der Waals surface area (Å²) in [7, 11) is -9.97. The molecule has 0 aromatic carbocycles. The summed E-state index contributed by atoms with van der Waals surface area (Å²) in [6.45, 7) is 4.54. The molecular formula is C79H134O17P2. The zero-order valence-corrected chi connectivity index (χ0v) is 63.0. The van der Waals surface area contributed by atoms with Gasteiger partial charge in [0.2, 0.25) is 0 Å². The third-order valence-electron chi connectivity index (χ3n) is 15.4. The van der Waals surface area contributed by atoms with E-state index in [-0.39, 0.29) is 25.7 Å². The molecule has 0 rings (SSSR count). The average molecular weight is 1420 g/mol. The van der Waals surface area contributed by atoms with Crippen LogP contribution in [0.1, 0.15) is 297 Å². The molecule has 5 unspecified atom stereocenters. The number of unbranched alkanes of at least 4 members (excludes halogenated alkanes) is 24. The second-order valence-corrected chi connectivity index (χ2v) is 27.8. The minimum absolute atomic E-state index is 0.0666. The van der Waals surface area contributed by atoms with Crippen molar-refractivity contribution in [3.8, 4) is 0 Å². The van der Waals surface area contributed by atoms with Crippen LogP contribution >= 0.6 is 15.6 Å². The van der Waals surface area contributed by atoms with E-state index < -0.39 is 97.5 Å². The molecule has 562 valence electrons. The van der Waals surface area contributed by atoms with E-state index >= 15 is 0 Å². The molecule has 0 aromatic rings. The summed E-state index contributed by atoms with van der Waals surface area (Å²) in [6.07, 6.45) is 76.2. The number of allylic oxidation sites excluding steroid dienone is 20. The molecule has 0 aliphatic rings. The van der Waals surface area contributed by atoms with Crippen molar-refractivity contribution in [1.82, 2.24) is 0 Å². The van der Waals surface area contributed by atoms with Crippen LogP contribution in [0, 0.1) is 0 Å². The summed E-state index contributed by atoms with van der Waals surface area (Å²) < 4.78 is 68.4. The largest absolute Gasteiger partial charge is 0.472 e. The van der Waals surface area contributed by atoms with Gasteiger partial charge >= 0.3 is 39.5 Å². The normalized spacial score (nSPS) is 14.6. The predicted molar refractivity (Wildman–Crippen MR) is 399 cm³/mol. The smallest absolute Gasteiger partial charge is 0.462 e. The monoisotopic (exact) mass is 1420 g/mol. The Bertz CT molecular complexity index is 2340. The first-order valence-corrected chi connectivity index (χ1v) is 40.8. The highest BCUT2D eigenvalue weighted by Crippen LogP contribution is 2.45. The molecule has 0 saturated heterocycles. The van der Waals surface area contributed by atoms with Crippen molar-refractivity contribution in [2.24, 2.45) is 0 Å². The van der Waals surface area contributed by atoms with E-state index in [1.807, 2.05) is 0 Å². The van der Waals surface area contributed by atoms with E-state index in [0.29, 0.717) is 25.7 Å². The quantitative estimate of drug-likeness (QED) is 0.0169. The number of carbonyl (C=O) groups is 4. The van der Waals surface area contributed by atoms with Crippen LogP contribution in [0.2, 0.25) is 0 Å². The van der Waals surface area contributed by atoms with Crippen LogP contribution in [-0.2, 0) is 65.4 Å². The summed E-state index contributed by atoms with van der Waals surface area (Å²) in [5, 5.41) is 10.6. The molecule has 0 saturated carbocycles. The lowest BCUT2D eigenvalue weighted by molar-refractivity contribution is -0.161. The lowest BCUT2D eigenvalue weighted by Gasteiger charge is -2.21. The fraction of sp³-hybridized carbons (Fsp3) is 0.696. The lowest BCUT2D eigenvalue weighted by Crippen LogP contribution is -2.30. The topological polar surface area (TPSA) is 237 Å². The third kappa shape index (κ3) is 69.9. The zero-order valence-electron chi connectivity index (χ0n) is 61.2. The van der Waals surface area contributed by atoms with Gasteiger partial charge in [0.25, 0.3) is 0 Å². The summed E-state index contributed by atoms with van der Waals surface area (Å²) in [5.74, 6) is -2.27. The van der Waals surface area contributed by atoms with Crippen LogP contribution in [0.4, 0.5) is 0 Å². The van der Waals surface area contributed by atoms with Gasteiger partial charge < -0.3 is 33.8 Å². The number of carbonyl (C=O) groups excluding carboxylic acids is 4. The van der Waals surface area contributed by atoms with Crippen molar-refractivity contribution in [3.63, 3.8) is 0 Å². The lowest BCUT2D eigenvalue weighted by atomic mass is 10.1. The molecule has 3 N–H and O–H groups in total. The van der Waals surface area contributed by atoms with Gasteiger partial charge in [0.15, 0.2) is 12.2 Å². The Labute approximate surface area is 593 Å². The van der Waals surface area contributed by atoms with E-state index in [0.717, 1.165) is 180 Å². The van der Waals surface area contributed by atoms with Gasteiger partial charge in [-0.3, -0.25) is 37.3 Å². The summed E-state index contributed by atoms with van der Waals surface area (Å²) in [5.41, 5.74) is 0. The number of aliphatic hydroxyl groups excluding tert-OH is 1. The van der Waals surface area contributed by atoms with Gasteiger partial charge in [0, 0.05) is 25.7 Å². The maximum Gasteiger partial charge on any atom is 0.472 e. The van der Waals surface area contributed by atoms with E-state index in [2.05, 4.69) is 149 Å². The maximum atomic E-state index is 13.1. The van der Waals surface area contributed by atoms with E-state index in [9.17, 15) is 43.2 Å². The predicted octanol–water partition coefficient (Wildman–Crippen LogP) is 21.6. The molecule has 98 heavy (non-hydrogen) atoms. The van der Waals surface area contributed by atoms with E-state index in [4.69, 9.17) is 37.0 Å². The van der Waals surface area contributed by atoms with Crippen LogP contribution < -0.4 is 0 Å². The summed E-state index contributed by atoms with van der Waals surface area (Å²) >= 11 is 0. The van der Waals surface area contributed by atoms with Crippen molar-refractivity contribution in [2.45, 2.75) is 316 Å². The fourth-order valence-electron chi connectivity index (χ4n) is 9.60. The summed E-state index contributed by atoms with van der Waals surface area (Å²) in [6, 6.07) is 0. The van der Waals surface area contributed by atoms with Crippen LogP contribution in [0.25, 0.3) is 0 Å². The SMILES string of the molecule is CC/C=C\C/C=C\C/C=C\C/C=C\CCCCC(=O)OCC(COP(=O)(O)OCC(O)COP(=O)(O)OCC(COC(=O)CCCCCCC/C=C\C/C=C\CCCCC)OC(=O)CCCCCCC/C=C\C/C=C\CCCCC)OC(=O)CCCCCCC/C=C\C/C=C\CCC. The van der Waals surface area contributed by atoms with E-state index in [1.165, 1.54) is 38.5 Å². The van der Waals surface area contributed by atoms with Gasteiger partial charge in [-0.25, -0.2) is 9.13 Å². The second kappa shape index (κ2) is 70.9. The first-order valence-electron chi connectivity index (χ1n) is 37.8. The molecule has 0 aromatic heterocycles. The molecule has 0 aliphatic heterocycles. The van der Waals surface area contributed by atoms with Crippen molar-refractivity contribution >= 4 is 39.5 Å². The number of esters is 4. The highest BCUT2D eigenvalue weighted by molar-refractivity contribution is 7.47.